The van der Waals surface area contributed by atoms with Gasteiger partial charge in [-0.3, -0.25) is 4.79 Å². The van der Waals surface area contributed by atoms with Gasteiger partial charge in [0.25, 0.3) is 5.91 Å². The second-order valence-corrected chi connectivity index (χ2v) is 7.04. The maximum Gasteiger partial charge on any atom is 0.251 e. The number of rotatable bonds is 6. The number of nitrogens with one attached hydrogen (secondary N) is 1. The highest BCUT2D eigenvalue weighted by atomic mass is 16.1. The van der Waals surface area contributed by atoms with E-state index in [1.807, 2.05) is 30.3 Å². The lowest BCUT2D eigenvalue weighted by atomic mass is 10.1. The Balaban J connectivity index is 1.19. The van der Waals surface area contributed by atoms with Crippen molar-refractivity contribution in [2.45, 2.75) is 18.9 Å². The van der Waals surface area contributed by atoms with Gasteiger partial charge >= 0.3 is 0 Å². The summed E-state index contributed by atoms with van der Waals surface area (Å²) >= 11 is 0. The molecule has 2 aromatic rings. The molecule has 3 atom stereocenters. The third-order valence-electron chi connectivity index (χ3n) is 5.39. The molecule has 1 N–H and O–H groups in total. The van der Waals surface area contributed by atoms with Crippen LogP contribution in [0.5, 0.6) is 0 Å². The first kappa shape index (κ1) is 15.4. The topological polar surface area (TPSA) is 32.3 Å². The Hall–Kier alpha value is -2.13. The molecule has 1 unspecified atom stereocenters. The van der Waals surface area contributed by atoms with Crippen LogP contribution >= 0.6 is 0 Å². The molecule has 24 heavy (non-hydrogen) atoms. The summed E-state index contributed by atoms with van der Waals surface area (Å²) in [7, 11) is 0. The molecule has 4 rings (SSSR count). The predicted molar refractivity (Wildman–Crippen MR) is 95.9 cm³/mol. The maximum atomic E-state index is 12.2. The van der Waals surface area contributed by atoms with E-state index in [-0.39, 0.29) is 5.91 Å². The number of hydrogen-bond acceptors (Lipinski definition) is 2. The summed E-state index contributed by atoms with van der Waals surface area (Å²) in [6, 6.07) is 20.6. The summed E-state index contributed by atoms with van der Waals surface area (Å²) in [6.45, 7) is 3.44. The maximum absolute atomic E-state index is 12.2. The zero-order valence-corrected chi connectivity index (χ0v) is 13.9. The number of likely N-dealkylation sites (tertiary alicyclic amines) is 1. The first-order chi connectivity index (χ1) is 11.8. The Kier molecular flexibility index (Phi) is 4.35. The number of amides is 1. The minimum absolute atomic E-state index is 0.0747. The van der Waals surface area contributed by atoms with Gasteiger partial charge in [0.1, 0.15) is 0 Å². The first-order valence-electron chi connectivity index (χ1n) is 8.93. The Bertz CT molecular complexity index is 673. The highest BCUT2D eigenvalue weighted by Crippen LogP contribution is 2.45. The number of benzene rings is 2. The molecule has 124 valence electrons. The van der Waals surface area contributed by atoms with E-state index < -0.39 is 0 Å². The predicted octanol–water partition coefficient (Wildman–Crippen LogP) is 2.98. The van der Waals surface area contributed by atoms with E-state index in [0.717, 1.165) is 25.1 Å². The third kappa shape index (κ3) is 3.36. The molecule has 1 aliphatic heterocycles. The molecule has 3 heteroatoms. The van der Waals surface area contributed by atoms with Crippen LogP contribution in [0.15, 0.2) is 60.7 Å². The lowest BCUT2D eigenvalue weighted by molar-refractivity contribution is 0.0943. The quantitative estimate of drug-likeness (QED) is 0.887. The van der Waals surface area contributed by atoms with E-state index in [1.165, 1.54) is 18.5 Å². The van der Waals surface area contributed by atoms with Gasteiger partial charge in [0.15, 0.2) is 0 Å². The van der Waals surface area contributed by atoms with Crippen LogP contribution in [0.1, 0.15) is 22.3 Å². The van der Waals surface area contributed by atoms with Crippen LogP contribution in [0, 0.1) is 11.8 Å². The summed E-state index contributed by atoms with van der Waals surface area (Å²) in [5.41, 5.74) is 2.19. The molecule has 0 spiro atoms. The summed E-state index contributed by atoms with van der Waals surface area (Å²) < 4.78 is 0. The number of hydrogen-bond donors (Lipinski definition) is 1. The van der Waals surface area contributed by atoms with Crippen LogP contribution in [-0.2, 0) is 6.42 Å². The molecule has 2 fully saturated rings. The van der Waals surface area contributed by atoms with Crippen molar-refractivity contribution in [2.75, 3.05) is 19.6 Å². The fraction of sp³-hybridized carbons (Fsp3) is 0.381. The molecule has 2 aliphatic rings. The molecule has 2 aromatic carbocycles. The Labute approximate surface area is 143 Å². The van der Waals surface area contributed by atoms with E-state index in [0.29, 0.717) is 17.9 Å². The number of aryl methyl sites for hydroxylation is 1. The van der Waals surface area contributed by atoms with Crippen molar-refractivity contribution in [3.05, 3.63) is 71.8 Å². The molecular weight excluding hydrogens is 296 g/mol. The zero-order valence-electron chi connectivity index (χ0n) is 13.9. The second-order valence-electron chi connectivity index (χ2n) is 7.04. The van der Waals surface area contributed by atoms with Crippen LogP contribution in [0.2, 0.25) is 0 Å². The van der Waals surface area contributed by atoms with Crippen molar-refractivity contribution >= 4 is 5.91 Å². The Morgan fingerprint density at radius 2 is 1.58 bits per heavy atom. The van der Waals surface area contributed by atoms with E-state index in [9.17, 15) is 4.79 Å². The van der Waals surface area contributed by atoms with Gasteiger partial charge in [0.05, 0.1) is 0 Å². The highest BCUT2D eigenvalue weighted by Gasteiger charge is 2.56. The Morgan fingerprint density at radius 3 is 2.25 bits per heavy atom. The molecule has 1 amide bonds. The normalized spacial score (nSPS) is 25.2. The van der Waals surface area contributed by atoms with Crippen LogP contribution in [0.3, 0.4) is 0 Å². The zero-order chi connectivity index (χ0) is 16.4. The fourth-order valence-corrected chi connectivity index (χ4v) is 3.99. The van der Waals surface area contributed by atoms with Gasteiger partial charge in [0.2, 0.25) is 0 Å². The van der Waals surface area contributed by atoms with Crippen molar-refractivity contribution in [3.8, 4) is 0 Å². The minimum Gasteiger partial charge on any atom is -0.349 e. The van der Waals surface area contributed by atoms with E-state index in [4.69, 9.17) is 0 Å². The number of fused-ring (bicyclic) bond motifs is 1. The second kappa shape index (κ2) is 6.78. The molecular formula is C21H24N2O. The van der Waals surface area contributed by atoms with Crippen molar-refractivity contribution < 1.29 is 4.79 Å². The van der Waals surface area contributed by atoms with Gasteiger partial charge in [-0.25, -0.2) is 0 Å². The van der Waals surface area contributed by atoms with Crippen LogP contribution in [-0.4, -0.2) is 36.5 Å². The number of piperidine rings is 1. The van der Waals surface area contributed by atoms with Crippen LogP contribution < -0.4 is 5.32 Å². The summed E-state index contributed by atoms with van der Waals surface area (Å²) in [5, 5.41) is 3.21. The van der Waals surface area contributed by atoms with Gasteiger partial charge in [-0.2, -0.15) is 0 Å². The average Bonchev–Trinajstić information content (AvgIpc) is 3.06. The third-order valence-corrected chi connectivity index (χ3v) is 5.39. The molecule has 0 aromatic heterocycles. The monoisotopic (exact) mass is 320 g/mol. The van der Waals surface area contributed by atoms with E-state index in [2.05, 4.69) is 40.5 Å². The minimum atomic E-state index is 0.0747. The number of carbonyl (C=O) groups excluding carboxylic acids is 1. The van der Waals surface area contributed by atoms with Gasteiger partial charge in [-0.15, -0.1) is 0 Å². The van der Waals surface area contributed by atoms with Crippen LogP contribution in [0.4, 0.5) is 0 Å². The molecule has 3 nitrogen and oxygen atoms in total. The first-order valence-corrected chi connectivity index (χ1v) is 8.93. The van der Waals surface area contributed by atoms with Crippen molar-refractivity contribution in [2.24, 2.45) is 11.8 Å². The van der Waals surface area contributed by atoms with Crippen molar-refractivity contribution in [3.63, 3.8) is 0 Å². The van der Waals surface area contributed by atoms with Crippen molar-refractivity contribution in [1.29, 1.82) is 0 Å². The van der Waals surface area contributed by atoms with Gasteiger partial charge in [-0.1, -0.05) is 48.5 Å². The SMILES string of the molecule is O=C(NC1[C@H]2CN(CCCc3ccccc3)C[C@@H]12)c1ccccc1. The van der Waals surface area contributed by atoms with Crippen LogP contribution in [0.25, 0.3) is 0 Å². The van der Waals surface area contributed by atoms with Gasteiger partial charge < -0.3 is 10.2 Å². The van der Waals surface area contributed by atoms with E-state index in [1.54, 1.807) is 0 Å². The molecule has 1 aliphatic carbocycles. The fourth-order valence-electron chi connectivity index (χ4n) is 3.99. The number of nitrogens with zero attached hydrogens (tertiary/aromatic N) is 1. The largest absolute Gasteiger partial charge is 0.349 e. The average molecular weight is 320 g/mol. The molecule has 0 bridgehead atoms. The molecule has 1 heterocycles. The number of carbonyl (C=O) groups is 1. The molecule has 1 saturated heterocycles. The summed E-state index contributed by atoms with van der Waals surface area (Å²) in [4.78, 5) is 14.8. The lowest BCUT2D eigenvalue weighted by Gasteiger charge is -2.19. The lowest BCUT2D eigenvalue weighted by Crippen LogP contribution is -2.35. The Morgan fingerprint density at radius 1 is 0.958 bits per heavy atom. The molecule has 1 saturated carbocycles. The summed E-state index contributed by atoms with van der Waals surface area (Å²) in [6.07, 6.45) is 2.37. The van der Waals surface area contributed by atoms with Crippen molar-refractivity contribution in [1.82, 2.24) is 10.2 Å². The van der Waals surface area contributed by atoms with Gasteiger partial charge in [-0.05, 0) is 48.9 Å². The standard InChI is InChI=1S/C21H24N2O/c24-21(17-11-5-2-6-12-17)22-20-18-14-23(15-19(18)20)13-7-10-16-8-3-1-4-9-16/h1-6,8-9,11-12,18-20H,7,10,13-15H2,(H,22,24)/t18-,19+,20?. The summed E-state index contributed by atoms with van der Waals surface area (Å²) in [5.74, 6) is 1.40. The van der Waals surface area contributed by atoms with E-state index >= 15 is 0 Å². The smallest absolute Gasteiger partial charge is 0.251 e. The highest BCUT2D eigenvalue weighted by molar-refractivity contribution is 5.94. The molecule has 0 radical (unpaired) electrons. The van der Waals surface area contributed by atoms with Gasteiger partial charge in [0, 0.05) is 24.7 Å².